The molecule has 8 aromatic carbocycles. The summed E-state index contributed by atoms with van der Waals surface area (Å²) in [6.07, 6.45) is 0. The maximum Gasteiger partial charge on any atom is 0.137 e. The van der Waals surface area contributed by atoms with E-state index in [1.165, 1.54) is 58.6 Å². The van der Waals surface area contributed by atoms with Gasteiger partial charge in [-0.05, 0) is 81.6 Å². The Kier molecular flexibility index (Phi) is 6.39. The number of rotatable bonds is 5. The quantitative estimate of drug-likeness (QED) is 0.186. The first kappa shape index (κ1) is 27.9. The van der Waals surface area contributed by atoms with Crippen LogP contribution in [0.1, 0.15) is 0 Å². The van der Waals surface area contributed by atoms with Crippen molar-refractivity contribution in [1.82, 2.24) is 0 Å². The van der Waals surface area contributed by atoms with Crippen molar-refractivity contribution < 1.29 is 4.42 Å². The van der Waals surface area contributed by atoms with Gasteiger partial charge in [-0.25, -0.2) is 0 Å². The van der Waals surface area contributed by atoms with Gasteiger partial charge in [-0.3, -0.25) is 0 Å². The Bertz CT molecular complexity index is 2810. The summed E-state index contributed by atoms with van der Waals surface area (Å²) in [6, 6.07) is 62.9. The molecule has 0 unspecified atom stereocenters. The second kappa shape index (κ2) is 11.2. The second-order valence-corrected chi connectivity index (χ2v) is 13.5. The molecule has 0 saturated heterocycles. The van der Waals surface area contributed by atoms with Gasteiger partial charge in [0.2, 0.25) is 0 Å². The Morgan fingerprint density at radius 3 is 1.78 bits per heavy atom. The summed E-state index contributed by atoms with van der Waals surface area (Å²) in [4.78, 5) is 2.31. The number of para-hydroxylation sites is 1. The Labute approximate surface area is 287 Å². The van der Waals surface area contributed by atoms with Crippen LogP contribution in [-0.4, -0.2) is 0 Å². The van der Waals surface area contributed by atoms with Crippen molar-refractivity contribution in [1.29, 1.82) is 0 Å². The third-order valence-electron chi connectivity index (χ3n) is 9.67. The summed E-state index contributed by atoms with van der Waals surface area (Å²) in [5, 5.41) is 7.49. The molecule has 0 N–H and O–H groups in total. The molecule has 0 aliphatic heterocycles. The van der Waals surface area contributed by atoms with E-state index in [2.05, 4.69) is 181 Å². The van der Waals surface area contributed by atoms with E-state index in [4.69, 9.17) is 4.42 Å². The minimum atomic E-state index is 0.886. The molecule has 0 spiro atoms. The van der Waals surface area contributed by atoms with Gasteiger partial charge < -0.3 is 9.32 Å². The molecule has 0 amide bonds. The first-order chi connectivity index (χ1) is 24.3. The predicted octanol–water partition coefficient (Wildman–Crippen LogP) is 13.9. The average Bonchev–Trinajstić information content (AvgIpc) is 3.74. The van der Waals surface area contributed by atoms with Crippen LogP contribution in [0.4, 0.5) is 17.1 Å². The van der Waals surface area contributed by atoms with Gasteiger partial charge in [0.15, 0.2) is 0 Å². The van der Waals surface area contributed by atoms with E-state index in [-0.39, 0.29) is 0 Å². The molecular weight excluding hydrogens is 615 g/mol. The zero-order chi connectivity index (χ0) is 32.3. The molecule has 0 atom stereocenters. The van der Waals surface area contributed by atoms with Crippen molar-refractivity contribution >= 4 is 81.3 Å². The first-order valence-corrected chi connectivity index (χ1v) is 17.4. The summed E-state index contributed by atoms with van der Waals surface area (Å²) in [5.74, 6) is 0. The zero-order valence-corrected chi connectivity index (χ0v) is 27.3. The summed E-state index contributed by atoms with van der Waals surface area (Å²) < 4.78 is 9.23. The Balaban J connectivity index is 1.10. The molecule has 10 rings (SSSR count). The summed E-state index contributed by atoms with van der Waals surface area (Å²) in [6.45, 7) is 0. The van der Waals surface area contributed by atoms with Gasteiger partial charge in [0.1, 0.15) is 11.2 Å². The fourth-order valence-electron chi connectivity index (χ4n) is 7.37. The number of nitrogens with zero attached hydrogens (tertiary/aromatic N) is 1. The molecule has 0 fully saturated rings. The van der Waals surface area contributed by atoms with Crippen molar-refractivity contribution in [2.24, 2.45) is 0 Å². The van der Waals surface area contributed by atoms with Crippen LogP contribution in [0.2, 0.25) is 0 Å². The maximum atomic E-state index is 6.62. The van der Waals surface area contributed by atoms with E-state index in [9.17, 15) is 0 Å². The van der Waals surface area contributed by atoms with Crippen LogP contribution in [0.25, 0.3) is 75.1 Å². The molecule has 0 bridgehead atoms. The lowest BCUT2D eigenvalue weighted by Crippen LogP contribution is -2.09. The van der Waals surface area contributed by atoms with Gasteiger partial charge in [0.25, 0.3) is 0 Å². The molecule has 10 aromatic rings. The monoisotopic (exact) mass is 643 g/mol. The highest BCUT2D eigenvalue weighted by Gasteiger charge is 2.19. The lowest BCUT2D eigenvalue weighted by atomic mass is 9.94. The molecule has 0 radical (unpaired) electrons. The van der Waals surface area contributed by atoms with Crippen LogP contribution in [0.15, 0.2) is 180 Å². The van der Waals surface area contributed by atoms with Gasteiger partial charge in [0, 0.05) is 54.1 Å². The summed E-state index contributed by atoms with van der Waals surface area (Å²) in [7, 11) is 0. The maximum absolute atomic E-state index is 6.62. The highest BCUT2D eigenvalue weighted by molar-refractivity contribution is 7.27. The van der Waals surface area contributed by atoms with Crippen molar-refractivity contribution in [2.75, 3.05) is 4.90 Å². The van der Waals surface area contributed by atoms with Gasteiger partial charge >= 0.3 is 0 Å². The normalized spacial score (nSPS) is 11.7. The number of anilines is 3. The molecule has 3 heteroatoms. The largest absolute Gasteiger partial charge is 0.456 e. The number of hydrogen-bond donors (Lipinski definition) is 0. The predicted molar refractivity (Wildman–Crippen MR) is 210 cm³/mol. The van der Waals surface area contributed by atoms with Gasteiger partial charge in [0.05, 0.1) is 0 Å². The SMILES string of the molecule is c1ccc(-c2ccccc2-c2ccc(N(c3ccccc3)c3ccc4c(c3)oc3ccc5c6ccc7ccccc7c6sc5c34)cc2)cc1. The molecule has 2 aromatic heterocycles. The topological polar surface area (TPSA) is 16.4 Å². The van der Waals surface area contributed by atoms with Crippen molar-refractivity contribution in [3.8, 4) is 22.3 Å². The fraction of sp³-hybridized carbons (Fsp3) is 0. The van der Waals surface area contributed by atoms with Gasteiger partial charge in [-0.2, -0.15) is 0 Å². The highest BCUT2D eigenvalue weighted by atomic mass is 32.1. The lowest BCUT2D eigenvalue weighted by molar-refractivity contribution is 0.669. The van der Waals surface area contributed by atoms with Crippen molar-refractivity contribution in [2.45, 2.75) is 0 Å². The third kappa shape index (κ3) is 4.55. The van der Waals surface area contributed by atoms with E-state index in [0.29, 0.717) is 0 Å². The van der Waals surface area contributed by atoms with Gasteiger partial charge in [-0.15, -0.1) is 11.3 Å². The lowest BCUT2D eigenvalue weighted by Gasteiger charge is -2.25. The average molecular weight is 644 g/mol. The van der Waals surface area contributed by atoms with E-state index < -0.39 is 0 Å². The second-order valence-electron chi connectivity index (χ2n) is 12.5. The molecule has 230 valence electrons. The molecule has 2 nitrogen and oxygen atoms in total. The van der Waals surface area contributed by atoms with Crippen LogP contribution >= 0.6 is 11.3 Å². The third-order valence-corrected chi connectivity index (χ3v) is 10.9. The standard InChI is InChI=1S/C46H29NOS/c1-3-11-30(12-4-1)36-16-9-10-17-37(36)32-19-22-34(23-20-32)47(33-14-5-2-6-15-33)35-24-26-41-43(29-35)48-42-28-27-40-39-25-21-31-13-7-8-18-38(31)45(39)49-46(40)44(41)42/h1-29H. The van der Waals surface area contributed by atoms with Crippen LogP contribution in [0.3, 0.4) is 0 Å². The van der Waals surface area contributed by atoms with Crippen LogP contribution in [0, 0.1) is 0 Å². The number of furan rings is 1. The summed E-state index contributed by atoms with van der Waals surface area (Å²) >= 11 is 1.87. The smallest absolute Gasteiger partial charge is 0.137 e. The number of thiophene rings is 1. The van der Waals surface area contributed by atoms with Crippen LogP contribution in [-0.2, 0) is 0 Å². The molecule has 2 heterocycles. The van der Waals surface area contributed by atoms with E-state index in [1.54, 1.807) is 0 Å². The minimum Gasteiger partial charge on any atom is -0.456 e. The number of fused-ring (bicyclic) bond motifs is 9. The molecule has 0 aliphatic rings. The fourth-order valence-corrected chi connectivity index (χ4v) is 8.76. The van der Waals surface area contributed by atoms with Gasteiger partial charge in [-0.1, -0.05) is 121 Å². The molecule has 0 saturated carbocycles. The van der Waals surface area contributed by atoms with Crippen molar-refractivity contribution in [3.05, 3.63) is 176 Å². The summed E-state index contributed by atoms with van der Waals surface area (Å²) in [5.41, 5.74) is 9.88. The number of benzene rings is 8. The Hall–Kier alpha value is -6.16. The first-order valence-electron chi connectivity index (χ1n) is 16.6. The van der Waals surface area contributed by atoms with E-state index >= 15 is 0 Å². The van der Waals surface area contributed by atoms with Crippen LogP contribution < -0.4 is 4.90 Å². The Morgan fingerprint density at radius 2 is 0.980 bits per heavy atom. The highest BCUT2D eigenvalue weighted by Crippen LogP contribution is 2.46. The molecular formula is C46H29NOS. The van der Waals surface area contributed by atoms with Crippen molar-refractivity contribution in [3.63, 3.8) is 0 Å². The minimum absolute atomic E-state index is 0.886. The molecule has 49 heavy (non-hydrogen) atoms. The number of hydrogen-bond acceptors (Lipinski definition) is 3. The van der Waals surface area contributed by atoms with E-state index in [1.807, 2.05) is 11.3 Å². The zero-order valence-electron chi connectivity index (χ0n) is 26.5. The Morgan fingerprint density at radius 1 is 0.388 bits per heavy atom. The van der Waals surface area contributed by atoms with E-state index in [0.717, 1.165) is 33.6 Å². The van der Waals surface area contributed by atoms with Crippen LogP contribution in [0.5, 0.6) is 0 Å². The molecule has 0 aliphatic carbocycles.